The largest absolute Gasteiger partial charge is 0.497 e. The van der Waals surface area contributed by atoms with E-state index in [0.29, 0.717) is 11.0 Å². The van der Waals surface area contributed by atoms with Crippen molar-refractivity contribution >= 4 is 35.2 Å². The number of aromatic nitrogens is 3. The molecule has 0 aliphatic heterocycles. The molecular weight excluding hydrogens is 470 g/mol. The Hall–Kier alpha value is -3.63. The van der Waals surface area contributed by atoms with Crippen LogP contribution in [0.1, 0.15) is 10.4 Å². The minimum absolute atomic E-state index is 0.137. The van der Waals surface area contributed by atoms with Gasteiger partial charge in [0.1, 0.15) is 11.5 Å². The Morgan fingerprint density at radius 3 is 2.35 bits per heavy atom. The topological polar surface area (TPSA) is 90.6 Å². The summed E-state index contributed by atoms with van der Waals surface area (Å²) < 4.78 is 12.5. The van der Waals surface area contributed by atoms with Crippen LogP contribution in [0.25, 0.3) is 17.1 Å². The van der Waals surface area contributed by atoms with Crippen molar-refractivity contribution in [2.75, 3.05) is 20.0 Å². The number of amides is 1. The number of benzene rings is 2. The first-order valence-electron chi connectivity index (χ1n) is 10.3. The Morgan fingerprint density at radius 2 is 1.74 bits per heavy atom. The van der Waals surface area contributed by atoms with Gasteiger partial charge < -0.3 is 9.47 Å². The first-order valence-corrected chi connectivity index (χ1v) is 12.2. The van der Waals surface area contributed by atoms with Gasteiger partial charge in [-0.25, -0.2) is 5.43 Å². The van der Waals surface area contributed by atoms with Crippen molar-refractivity contribution in [1.29, 1.82) is 0 Å². The Labute approximate surface area is 205 Å². The number of carbonyl (C=O) groups excluding carboxylic acids is 1. The average Bonchev–Trinajstić information content (AvgIpc) is 3.49. The van der Waals surface area contributed by atoms with Crippen molar-refractivity contribution < 1.29 is 14.3 Å². The van der Waals surface area contributed by atoms with Crippen LogP contribution in [0.2, 0.25) is 0 Å². The van der Waals surface area contributed by atoms with E-state index < -0.39 is 0 Å². The molecule has 2 aromatic heterocycles. The molecule has 0 radical (unpaired) electrons. The molecule has 0 saturated carbocycles. The second-order valence-corrected chi connectivity index (χ2v) is 9.01. The number of hydrogen-bond donors (Lipinski definition) is 1. The number of methoxy groups -OCH3 is 2. The highest BCUT2D eigenvalue weighted by atomic mass is 32.2. The van der Waals surface area contributed by atoms with E-state index in [1.807, 2.05) is 71.5 Å². The number of thioether (sulfide) groups is 1. The fraction of sp³-hybridized carbons (Fsp3) is 0.167. The van der Waals surface area contributed by atoms with Crippen LogP contribution in [-0.4, -0.2) is 46.9 Å². The molecular formula is C24H23N5O3S2. The highest BCUT2D eigenvalue weighted by Crippen LogP contribution is 2.29. The lowest BCUT2D eigenvalue weighted by Gasteiger charge is -2.11. The normalized spacial score (nSPS) is 11.0. The molecule has 4 rings (SSSR count). The summed E-state index contributed by atoms with van der Waals surface area (Å²) in [6.45, 7) is 2.00. The van der Waals surface area contributed by atoms with Crippen LogP contribution in [0.4, 0.5) is 0 Å². The lowest BCUT2D eigenvalue weighted by atomic mass is 10.2. The monoisotopic (exact) mass is 493 g/mol. The Bertz CT molecular complexity index is 1280. The van der Waals surface area contributed by atoms with Crippen molar-refractivity contribution in [1.82, 2.24) is 20.2 Å². The van der Waals surface area contributed by atoms with Crippen molar-refractivity contribution in [2.45, 2.75) is 12.1 Å². The second-order valence-electron chi connectivity index (χ2n) is 7.12. The summed E-state index contributed by atoms with van der Waals surface area (Å²) in [4.78, 5) is 13.4. The van der Waals surface area contributed by atoms with Gasteiger partial charge in [0.05, 0.1) is 26.2 Å². The zero-order valence-electron chi connectivity index (χ0n) is 18.9. The highest BCUT2D eigenvalue weighted by molar-refractivity contribution is 7.99. The van der Waals surface area contributed by atoms with E-state index in [1.54, 1.807) is 31.8 Å². The molecule has 0 spiro atoms. The first-order chi connectivity index (χ1) is 16.6. The fourth-order valence-electron chi connectivity index (χ4n) is 3.10. The van der Waals surface area contributed by atoms with E-state index in [4.69, 9.17) is 9.47 Å². The van der Waals surface area contributed by atoms with Gasteiger partial charge in [-0.1, -0.05) is 11.8 Å². The van der Waals surface area contributed by atoms with E-state index in [1.165, 1.54) is 11.8 Å². The van der Waals surface area contributed by atoms with E-state index >= 15 is 0 Å². The Kier molecular flexibility index (Phi) is 7.61. The smallest absolute Gasteiger partial charge is 0.250 e. The summed E-state index contributed by atoms with van der Waals surface area (Å²) in [5.74, 6) is 2.06. The van der Waals surface area contributed by atoms with Gasteiger partial charge in [0.15, 0.2) is 11.0 Å². The number of thiophene rings is 1. The van der Waals surface area contributed by atoms with E-state index in [-0.39, 0.29) is 11.7 Å². The molecule has 0 aliphatic rings. The third-order valence-corrected chi connectivity index (χ3v) is 6.80. The van der Waals surface area contributed by atoms with Crippen molar-refractivity contribution in [3.05, 3.63) is 70.4 Å². The minimum Gasteiger partial charge on any atom is -0.497 e. The van der Waals surface area contributed by atoms with Crippen LogP contribution >= 0.6 is 23.1 Å². The zero-order valence-corrected chi connectivity index (χ0v) is 20.5. The van der Waals surface area contributed by atoms with Gasteiger partial charge in [0.25, 0.3) is 5.91 Å². The van der Waals surface area contributed by atoms with E-state index in [2.05, 4.69) is 20.7 Å². The third kappa shape index (κ3) is 5.46. The molecule has 2 aromatic carbocycles. The lowest BCUT2D eigenvalue weighted by Crippen LogP contribution is -2.20. The van der Waals surface area contributed by atoms with Crippen molar-refractivity contribution in [2.24, 2.45) is 5.10 Å². The molecule has 8 nitrogen and oxygen atoms in total. The van der Waals surface area contributed by atoms with E-state index in [0.717, 1.165) is 33.2 Å². The maximum atomic E-state index is 12.4. The summed E-state index contributed by atoms with van der Waals surface area (Å²) in [5, 5.41) is 15.4. The maximum Gasteiger partial charge on any atom is 0.250 e. The third-order valence-electron chi connectivity index (χ3n) is 4.92. The molecule has 0 atom stereocenters. The molecule has 0 unspecified atom stereocenters. The molecule has 0 bridgehead atoms. The van der Waals surface area contributed by atoms with Crippen LogP contribution in [0.15, 0.2) is 70.2 Å². The molecule has 1 N–H and O–H groups in total. The standard InChI is InChI=1S/C24H23N5O3S2/c1-16-12-13-33-21(16)14-25-26-22(30)15-34-24-28-27-23(17-4-8-19(31-2)9-5-17)29(24)18-6-10-20(32-3)11-7-18/h4-14H,15H2,1-3H3,(H,26,30)/b25-14+. The van der Waals surface area contributed by atoms with E-state index in [9.17, 15) is 4.79 Å². The van der Waals surface area contributed by atoms with Gasteiger partial charge in [-0.2, -0.15) is 5.10 Å². The number of nitrogens with one attached hydrogen (secondary N) is 1. The molecule has 0 aliphatic carbocycles. The summed E-state index contributed by atoms with van der Waals surface area (Å²) in [6, 6.07) is 17.2. The number of nitrogens with zero attached hydrogens (tertiary/aromatic N) is 4. The van der Waals surface area contributed by atoms with Gasteiger partial charge in [-0.15, -0.1) is 21.5 Å². The summed E-state index contributed by atoms with van der Waals surface area (Å²) in [6.07, 6.45) is 1.66. The molecule has 34 heavy (non-hydrogen) atoms. The van der Waals surface area contributed by atoms with Gasteiger partial charge >= 0.3 is 0 Å². The first kappa shape index (κ1) is 23.5. The molecule has 0 saturated heterocycles. The van der Waals surface area contributed by atoms with Crippen molar-refractivity contribution in [3.8, 4) is 28.6 Å². The summed E-state index contributed by atoms with van der Waals surface area (Å²) in [7, 11) is 3.25. The van der Waals surface area contributed by atoms with Crippen molar-refractivity contribution in [3.63, 3.8) is 0 Å². The number of carbonyl (C=O) groups is 1. The number of hydrazone groups is 1. The summed E-state index contributed by atoms with van der Waals surface area (Å²) >= 11 is 2.86. The average molecular weight is 494 g/mol. The fourth-order valence-corrected chi connectivity index (χ4v) is 4.63. The predicted molar refractivity (Wildman–Crippen MR) is 135 cm³/mol. The number of ether oxygens (including phenoxy) is 2. The molecule has 0 fully saturated rings. The van der Waals surface area contributed by atoms with Gasteiger partial charge in [-0.05, 0) is 72.5 Å². The van der Waals surface area contributed by atoms with Crippen LogP contribution in [-0.2, 0) is 4.79 Å². The Morgan fingerprint density at radius 1 is 1.06 bits per heavy atom. The SMILES string of the molecule is COc1ccc(-c2nnc(SCC(=O)N/N=C/c3sccc3C)n2-c2ccc(OC)cc2)cc1. The molecule has 174 valence electrons. The van der Waals surface area contributed by atoms with Crippen LogP contribution < -0.4 is 14.9 Å². The van der Waals surface area contributed by atoms with Gasteiger partial charge in [-0.3, -0.25) is 9.36 Å². The second kappa shape index (κ2) is 11.0. The van der Waals surface area contributed by atoms with Gasteiger partial charge in [0.2, 0.25) is 0 Å². The Balaban J connectivity index is 1.55. The molecule has 4 aromatic rings. The predicted octanol–water partition coefficient (Wildman–Crippen LogP) is 4.56. The van der Waals surface area contributed by atoms with Crippen LogP contribution in [0.5, 0.6) is 11.5 Å². The highest BCUT2D eigenvalue weighted by Gasteiger charge is 2.17. The van der Waals surface area contributed by atoms with Gasteiger partial charge in [0, 0.05) is 16.1 Å². The molecule has 10 heteroatoms. The summed E-state index contributed by atoms with van der Waals surface area (Å²) in [5.41, 5.74) is 5.42. The molecule has 1 amide bonds. The maximum absolute atomic E-state index is 12.4. The lowest BCUT2D eigenvalue weighted by molar-refractivity contribution is -0.118. The van der Waals surface area contributed by atoms with Crippen LogP contribution in [0, 0.1) is 6.92 Å². The van der Waals surface area contributed by atoms with Crippen LogP contribution in [0.3, 0.4) is 0 Å². The number of hydrogen-bond acceptors (Lipinski definition) is 8. The molecule has 2 heterocycles. The number of rotatable bonds is 9. The zero-order chi connectivity index (χ0) is 23.9. The number of aryl methyl sites for hydroxylation is 1. The minimum atomic E-state index is -0.231. The quantitative estimate of drug-likeness (QED) is 0.209.